The number of esters is 2. The molecular formula is C24H31N2O5+. The zero-order chi connectivity index (χ0) is 23.0. The first-order valence-corrected chi connectivity index (χ1v) is 10.3. The van der Waals surface area contributed by atoms with Gasteiger partial charge in [0.2, 0.25) is 0 Å². The van der Waals surface area contributed by atoms with Gasteiger partial charge in [0.25, 0.3) is 5.91 Å². The Bertz CT molecular complexity index is 925. The average molecular weight is 428 g/mol. The van der Waals surface area contributed by atoms with E-state index in [1.807, 2.05) is 43.3 Å². The first kappa shape index (κ1) is 24.1. The molecule has 7 nitrogen and oxygen atoms in total. The summed E-state index contributed by atoms with van der Waals surface area (Å²) in [6.45, 7) is 5.73. The second-order valence-electron chi connectivity index (χ2n) is 7.97. The van der Waals surface area contributed by atoms with Crippen LogP contribution < -0.4 is 5.32 Å². The number of rotatable bonds is 9. The number of likely N-dealkylation sites (N-methyl/N-ethyl adjacent to an activating group) is 1. The Kier molecular flexibility index (Phi) is 8.33. The van der Waals surface area contributed by atoms with Crippen LogP contribution in [0.5, 0.6) is 0 Å². The number of quaternary nitrogens is 1. The molecule has 1 atom stereocenters. The van der Waals surface area contributed by atoms with Gasteiger partial charge in [-0.2, -0.15) is 0 Å². The zero-order valence-electron chi connectivity index (χ0n) is 18.8. The number of carbonyl (C=O) groups is 3. The van der Waals surface area contributed by atoms with Gasteiger partial charge in [-0.05, 0) is 38.0 Å². The molecule has 0 aliphatic carbocycles. The van der Waals surface area contributed by atoms with Gasteiger partial charge in [0.1, 0.15) is 6.61 Å². The standard InChI is InChI=1S/C24H30N2O5/c1-6-30-24(29)20-14-10-11-17(2)22(20)25-23(28)18(3)26(4,5)15-21(27)31-16-19-12-8-7-9-13-19/h7-14,18H,6,15-16H2,1-5H3/p+1. The molecule has 2 aromatic rings. The summed E-state index contributed by atoms with van der Waals surface area (Å²) in [6, 6.07) is 14.0. The highest BCUT2D eigenvalue weighted by Crippen LogP contribution is 2.23. The number of anilines is 1. The van der Waals surface area contributed by atoms with E-state index >= 15 is 0 Å². The van der Waals surface area contributed by atoms with Crippen LogP contribution in [0.4, 0.5) is 5.69 Å². The van der Waals surface area contributed by atoms with Crippen molar-refractivity contribution < 1.29 is 28.3 Å². The van der Waals surface area contributed by atoms with E-state index in [1.54, 1.807) is 40.1 Å². The highest BCUT2D eigenvalue weighted by molar-refractivity contribution is 6.03. The Balaban J connectivity index is 2.05. The summed E-state index contributed by atoms with van der Waals surface area (Å²) in [4.78, 5) is 37.6. The lowest BCUT2D eigenvalue weighted by molar-refractivity contribution is -0.896. The smallest absolute Gasteiger partial charge is 0.362 e. The fourth-order valence-corrected chi connectivity index (χ4v) is 3.01. The second-order valence-corrected chi connectivity index (χ2v) is 7.97. The molecule has 166 valence electrons. The van der Waals surface area contributed by atoms with Gasteiger partial charge in [0, 0.05) is 0 Å². The van der Waals surface area contributed by atoms with Gasteiger partial charge in [0.15, 0.2) is 12.6 Å². The molecule has 0 heterocycles. The molecule has 31 heavy (non-hydrogen) atoms. The maximum Gasteiger partial charge on any atom is 0.362 e. The molecule has 0 fully saturated rings. The van der Waals surface area contributed by atoms with Crippen molar-refractivity contribution in [1.82, 2.24) is 0 Å². The monoisotopic (exact) mass is 427 g/mol. The molecule has 1 amide bonds. The molecule has 7 heteroatoms. The van der Waals surface area contributed by atoms with Crippen LogP contribution in [0.3, 0.4) is 0 Å². The van der Waals surface area contributed by atoms with Crippen LogP contribution >= 0.6 is 0 Å². The van der Waals surface area contributed by atoms with Gasteiger partial charge in [0.05, 0.1) is 32.0 Å². The zero-order valence-corrected chi connectivity index (χ0v) is 18.8. The second kappa shape index (κ2) is 10.7. The fourth-order valence-electron chi connectivity index (χ4n) is 3.01. The lowest BCUT2D eigenvalue weighted by atomic mass is 10.1. The summed E-state index contributed by atoms with van der Waals surface area (Å²) in [7, 11) is 3.58. The van der Waals surface area contributed by atoms with E-state index in [0.29, 0.717) is 11.3 Å². The highest BCUT2D eigenvalue weighted by Gasteiger charge is 2.34. The van der Waals surface area contributed by atoms with Crippen LogP contribution in [0.1, 0.15) is 35.3 Å². The fraction of sp³-hybridized carbons (Fsp3) is 0.375. The Morgan fingerprint density at radius 3 is 2.32 bits per heavy atom. The topological polar surface area (TPSA) is 81.7 Å². The van der Waals surface area contributed by atoms with Crippen LogP contribution in [0.15, 0.2) is 48.5 Å². The van der Waals surface area contributed by atoms with Crippen molar-refractivity contribution >= 4 is 23.5 Å². The van der Waals surface area contributed by atoms with Crippen molar-refractivity contribution in [3.05, 3.63) is 65.2 Å². The van der Waals surface area contributed by atoms with E-state index in [-0.39, 0.29) is 30.1 Å². The van der Waals surface area contributed by atoms with Crippen molar-refractivity contribution in [1.29, 1.82) is 0 Å². The van der Waals surface area contributed by atoms with Crippen LogP contribution in [0.25, 0.3) is 0 Å². The van der Waals surface area contributed by atoms with Crippen LogP contribution in [-0.2, 0) is 25.7 Å². The van der Waals surface area contributed by atoms with Crippen molar-refractivity contribution in [2.45, 2.75) is 33.4 Å². The predicted octanol–water partition coefficient (Wildman–Crippen LogP) is 3.32. The number of para-hydroxylation sites is 1. The molecule has 0 saturated heterocycles. The molecule has 0 radical (unpaired) electrons. The van der Waals surface area contributed by atoms with Crippen molar-refractivity contribution in [2.24, 2.45) is 0 Å². The molecular weight excluding hydrogens is 396 g/mol. The first-order valence-electron chi connectivity index (χ1n) is 10.3. The van der Waals surface area contributed by atoms with Crippen LogP contribution in [0.2, 0.25) is 0 Å². The molecule has 1 unspecified atom stereocenters. The molecule has 0 aliphatic rings. The Morgan fingerprint density at radius 1 is 1.00 bits per heavy atom. The van der Waals surface area contributed by atoms with Gasteiger partial charge in [-0.25, -0.2) is 9.59 Å². The summed E-state index contributed by atoms with van der Waals surface area (Å²) in [5.41, 5.74) is 2.37. The largest absolute Gasteiger partial charge is 0.462 e. The number of ether oxygens (including phenoxy) is 2. The minimum atomic E-state index is -0.570. The van der Waals surface area contributed by atoms with Crippen molar-refractivity contribution in [3.63, 3.8) is 0 Å². The number of hydrogen-bond acceptors (Lipinski definition) is 5. The number of hydrogen-bond donors (Lipinski definition) is 1. The third-order valence-electron chi connectivity index (χ3n) is 5.22. The molecule has 1 N–H and O–H groups in total. The molecule has 2 rings (SSSR count). The third-order valence-corrected chi connectivity index (χ3v) is 5.22. The average Bonchev–Trinajstić information content (AvgIpc) is 2.73. The third kappa shape index (κ3) is 6.65. The summed E-state index contributed by atoms with van der Waals surface area (Å²) in [6.07, 6.45) is 0. The summed E-state index contributed by atoms with van der Waals surface area (Å²) in [5.74, 6) is -1.19. The number of nitrogens with one attached hydrogen (secondary N) is 1. The van der Waals surface area contributed by atoms with Crippen LogP contribution in [0, 0.1) is 6.92 Å². The van der Waals surface area contributed by atoms with E-state index in [9.17, 15) is 14.4 Å². The summed E-state index contributed by atoms with van der Waals surface area (Å²) < 4.78 is 10.6. The van der Waals surface area contributed by atoms with Crippen LogP contribution in [-0.4, -0.2) is 55.6 Å². The number of aryl methyl sites for hydroxylation is 1. The highest BCUT2D eigenvalue weighted by atomic mass is 16.5. The SMILES string of the molecule is CCOC(=O)c1cccc(C)c1NC(=O)C(C)[N+](C)(C)CC(=O)OCc1ccccc1. The van der Waals surface area contributed by atoms with E-state index < -0.39 is 18.0 Å². The number of amides is 1. The Hall–Kier alpha value is -3.19. The Labute approximate surface area is 183 Å². The first-order chi connectivity index (χ1) is 14.7. The van der Waals surface area contributed by atoms with E-state index in [2.05, 4.69) is 5.32 Å². The Morgan fingerprint density at radius 2 is 1.68 bits per heavy atom. The quantitative estimate of drug-likeness (QED) is 0.490. The lowest BCUT2D eigenvalue weighted by Gasteiger charge is -2.34. The van der Waals surface area contributed by atoms with Crippen molar-refractivity contribution in [2.75, 3.05) is 32.6 Å². The van der Waals surface area contributed by atoms with E-state index in [0.717, 1.165) is 11.1 Å². The van der Waals surface area contributed by atoms with Gasteiger partial charge < -0.3 is 19.3 Å². The molecule has 0 bridgehead atoms. The maximum absolute atomic E-state index is 13.0. The molecule has 2 aromatic carbocycles. The number of nitrogens with zero attached hydrogens (tertiary/aromatic N) is 1. The minimum Gasteiger partial charge on any atom is -0.462 e. The summed E-state index contributed by atoms with van der Waals surface area (Å²) >= 11 is 0. The molecule has 0 aromatic heterocycles. The maximum atomic E-state index is 13.0. The van der Waals surface area contributed by atoms with E-state index in [4.69, 9.17) is 9.47 Å². The normalized spacial score (nSPS) is 12.0. The predicted molar refractivity (Wildman–Crippen MR) is 118 cm³/mol. The van der Waals surface area contributed by atoms with Gasteiger partial charge in [-0.1, -0.05) is 42.5 Å². The molecule has 0 aliphatic heterocycles. The molecule has 0 spiro atoms. The molecule has 0 saturated carbocycles. The minimum absolute atomic E-state index is 0.0277. The van der Waals surface area contributed by atoms with Gasteiger partial charge in [-0.3, -0.25) is 4.79 Å². The number of carbonyl (C=O) groups excluding carboxylic acids is 3. The van der Waals surface area contributed by atoms with Crippen molar-refractivity contribution in [3.8, 4) is 0 Å². The van der Waals surface area contributed by atoms with Gasteiger partial charge >= 0.3 is 11.9 Å². The van der Waals surface area contributed by atoms with Gasteiger partial charge in [-0.15, -0.1) is 0 Å². The number of benzene rings is 2. The lowest BCUT2D eigenvalue weighted by Crippen LogP contribution is -2.55. The summed E-state index contributed by atoms with van der Waals surface area (Å²) in [5, 5.41) is 2.85. The van der Waals surface area contributed by atoms with E-state index in [1.165, 1.54) is 0 Å².